The van der Waals surface area contributed by atoms with Crippen LogP contribution in [0.2, 0.25) is 0 Å². The van der Waals surface area contributed by atoms with E-state index in [-0.39, 0.29) is 24.4 Å². The van der Waals surface area contributed by atoms with Crippen LogP contribution in [0.5, 0.6) is 0 Å². The Balaban J connectivity index is 1.91. The fraction of sp³-hybridized carbons (Fsp3) is 0.571. The number of nitrogens with zero attached hydrogens (tertiary/aromatic N) is 2. The largest absolute Gasteiger partial charge is 0.480 e. The summed E-state index contributed by atoms with van der Waals surface area (Å²) in [6.45, 7) is 6.48. The highest BCUT2D eigenvalue weighted by atomic mass is 16.4. The molecule has 0 saturated carbocycles. The topological polar surface area (TPSA) is 77.9 Å². The van der Waals surface area contributed by atoms with E-state index in [9.17, 15) is 14.4 Å². The van der Waals surface area contributed by atoms with Gasteiger partial charge in [0.2, 0.25) is 11.8 Å². The molecule has 0 spiro atoms. The van der Waals surface area contributed by atoms with Crippen molar-refractivity contribution in [2.45, 2.75) is 58.9 Å². The van der Waals surface area contributed by atoms with E-state index in [0.717, 1.165) is 19.3 Å². The van der Waals surface area contributed by atoms with Gasteiger partial charge in [-0.15, -0.1) is 0 Å². The molecule has 1 aliphatic rings. The van der Waals surface area contributed by atoms with Gasteiger partial charge in [0.25, 0.3) is 0 Å². The van der Waals surface area contributed by atoms with Gasteiger partial charge in [-0.05, 0) is 45.1 Å². The number of hydrogen-bond donors (Lipinski definition) is 1. The number of amides is 2. The van der Waals surface area contributed by atoms with Gasteiger partial charge in [0.15, 0.2) is 0 Å². The second kappa shape index (κ2) is 9.53. The van der Waals surface area contributed by atoms with Crippen molar-refractivity contribution < 1.29 is 19.5 Å². The van der Waals surface area contributed by atoms with Crippen LogP contribution in [0, 0.1) is 13.8 Å². The van der Waals surface area contributed by atoms with Crippen LogP contribution in [0.4, 0.5) is 0 Å². The number of rotatable bonds is 6. The first-order chi connectivity index (χ1) is 12.8. The molecule has 148 valence electrons. The highest BCUT2D eigenvalue weighted by molar-refractivity contribution is 5.80. The summed E-state index contributed by atoms with van der Waals surface area (Å²) in [4.78, 5) is 38.7. The smallest absolute Gasteiger partial charge is 0.323 e. The van der Waals surface area contributed by atoms with Gasteiger partial charge in [0.1, 0.15) is 6.54 Å². The van der Waals surface area contributed by atoms with Gasteiger partial charge in [-0.3, -0.25) is 14.4 Å². The Morgan fingerprint density at radius 1 is 1.11 bits per heavy atom. The number of aryl methyl sites for hydroxylation is 3. The highest BCUT2D eigenvalue weighted by Gasteiger charge is 2.27. The minimum Gasteiger partial charge on any atom is -0.480 e. The maximum atomic E-state index is 12.6. The summed E-state index contributed by atoms with van der Waals surface area (Å²) >= 11 is 0. The third-order valence-electron chi connectivity index (χ3n) is 5.11. The van der Waals surface area contributed by atoms with Crippen molar-refractivity contribution in [1.82, 2.24) is 9.80 Å². The molecule has 1 fully saturated rings. The summed E-state index contributed by atoms with van der Waals surface area (Å²) in [6.07, 6.45) is 3.33. The molecule has 0 radical (unpaired) electrons. The average molecular weight is 374 g/mol. The lowest BCUT2D eigenvalue weighted by Crippen LogP contribution is -2.43. The zero-order chi connectivity index (χ0) is 20.0. The van der Waals surface area contributed by atoms with Crippen molar-refractivity contribution in [3.8, 4) is 0 Å². The van der Waals surface area contributed by atoms with Gasteiger partial charge in [0, 0.05) is 32.5 Å². The van der Waals surface area contributed by atoms with Crippen LogP contribution < -0.4 is 0 Å². The number of carboxylic acids is 1. The van der Waals surface area contributed by atoms with Crippen molar-refractivity contribution >= 4 is 17.8 Å². The molecule has 0 aromatic heterocycles. The van der Waals surface area contributed by atoms with E-state index >= 15 is 0 Å². The molecule has 1 aromatic carbocycles. The molecule has 2 amide bonds. The Morgan fingerprint density at radius 2 is 1.78 bits per heavy atom. The first-order valence-corrected chi connectivity index (χ1v) is 9.60. The predicted molar refractivity (Wildman–Crippen MR) is 103 cm³/mol. The number of hydrogen-bond acceptors (Lipinski definition) is 3. The maximum Gasteiger partial charge on any atom is 0.323 e. The standard InChI is InChI=1S/C21H30N2O4/c1-15-11-16(2)13-18(12-15)6-7-20(25)22-9-4-5-19(8-10-22)23(17(3)24)14-21(26)27/h11-13,19H,4-10,14H2,1-3H3,(H,26,27). The average Bonchev–Trinajstić information content (AvgIpc) is 2.82. The first kappa shape index (κ1) is 20.9. The van der Waals surface area contributed by atoms with Gasteiger partial charge in [-0.1, -0.05) is 29.3 Å². The Kier molecular flexibility index (Phi) is 7.39. The maximum absolute atomic E-state index is 12.6. The molecular weight excluding hydrogens is 344 g/mol. The molecule has 1 saturated heterocycles. The number of carboxylic acid groups (broad SMARTS) is 1. The zero-order valence-electron chi connectivity index (χ0n) is 16.5. The molecule has 1 aliphatic heterocycles. The van der Waals surface area contributed by atoms with Gasteiger partial charge in [-0.25, -0.2) is 0 Å². The van der Waals surface area contributed by atoms with Crippen LogP contribution >= 0.6 is 0 Å². The molecule has 6 nitrogen and oxygen atoms in total. The van der Waals surface area contributed by atoms with Gasteiger partial charge in [-0.2, -0.15) is 0 Å². The fourth-order valence-corrected chi connectivity index (χ4v) is 3.91. The van der Waals surface area contributed by atoms with Crippen LogP contribution in [-0.2, 0) is 20.8 Å². The third-order valence-corrected chi connectivity index (χ3v) is 5.11. The summed E-state index contributed by atoms with van der Waals surface area (Å²) in [5.41, 5.74) is 3.59. The van der Waals surface area contributed by atoms with Crippen molar-refractivity contribution in [3.05, 3.63) is 34.9 Å². The van der Waals surface area contributed by atoms with Crippen LogP contribution in [0.1, 0.15) is 49.3 Å². The summed E-state index contributed by atoms with van der Waals surface area (Å²) < 4.78 is 0. The summed E-state index contributed by atoms with van der Waals surface area (Å²) in [6, 6.07) is 6.25. The van der Waals surface area contributed by atoms with Crippen molar-refractivity contribution in [1.29, 1.82) is 0 Å². The molecular formula is C21H30N2O4. The number of carbonyl (C=O) groups is 3. The monoisotopic (exact) mass is 374 g/mol. The molecule has 27 heavy (non-hydrogen) atoms. The minimum atomic E-state index is -1.00. The van der Waals surface area contributed by atoms with Crippen molar-refractivity contribution in [2.24, 2.45) is 0 Å². The van der Waals surface area contributed by atoms with Gasteiger partial charge >= 0.3 is 5.97 Å². The summed E-state index contributed by atoms with van der Waals surface area (Å²) in [7, 11) is 0. The number of aliphatic carboxylic acids is 1. The molecule has 1 unspecified atom stereocenters. The van der Waals surface area contributed by atoms with Crippen molar-refractivity contribution in [3.63, 3.8) is 0 Å². The summed E-state index contributed by atoms with van der Waals surface area (Å²) in [5.74, 6) is -1.10. The third kappa shape index (κ3) is 6.38. The van der Waals surface area contributed by atoms with Gasteiger partial charge < -0.3 is 14.9 Å². The second-order valence-corrected chi connectivity index (χ2v) is 7.50. The lowest BCUT2D eigenvalue weighted by atomic mass is 10.0. The fourth-order valence-electron chi connectivity index (χ4n) is 3.91. The zero-order valence-corrected chi connectivity index (χ0v) is 16.5. The molecule has 2 rings (SSSR count). The van der Waals surface area contributed by atoms with E-state index in [0.29, 0.717) is 25.9 Å². The Labute approximate surface area is 161 Å². The predicted octanol–water partition coefficient (Wildman–Crippen LogP) is 2.55. The van der Waals surface area contributed by atoms with E-state index in [1.807, 2.05) is 4.90 Å². The molecule has 1 atom stereocenters. The molecule has 1 aromatic rings. The van der Waals surface area contributed by atoms with Crippen LogP contribution in [0.3, 0.4) is 0 Å². The minimum absolute atomic E-state index is 0.115. The lowest BCUT2D eigenvalue weighted by molar-refractivity contribution is -0.145. The van der Waals surface area contributed by atoms with Crippen LogP contribution in [0.25, 0.3) is 0 Å². The Morgan fingerprint density at radius 3 is 2.37 bits per heavy atom. The quantitative estimate of drug-likeness (QED) is 0.830. The number of carbonyl (C=O) groups excluding carboxylic acids is 2. The van der Waals surface area contributed by atoms with Crippen molar-refractivity contribution in [2.75, 3.05) is 19.6 Å². The molecule has 0 bridgehead atoms. The highest BCUT2D eigenvalue weighted by Crippen LogP contribution is 2.19. The molecule has 1 heterocycles. The van der Waals surface area contributed by atoms with E-state index in [1.54, 1.807) is 0 Å². The van der Waals surface area contributed by atoms with E-state index in [1.165, 1.54) is 28.5 Å². The molecule has 1 N–H and O–H groups in total. The summed E-state index contributed by atoms with van der Waals surface area (Å²) in [5, 5.41) is 9.03. The van der Waals surface area contributed by atoms with E-state index in [4.69, 9.17) is 5.11 Å². The SMILES string of the molecule is CC(=O)N(CC(=O)O)C1CCCN(C(=O)CCc2cc(C)cc(C)c2)CC1. The Bertz CT molecular complexity index is 681. The van der Waals surface area contributed by atoms with Crippen LogP contribution in [-0.4, -0.2) is 58.4 Å². The molecule has 0 aliphatic carbocycles. The van der Waals surface area contributed by atoms with E-state index in [2.05, 4.69) is 32.0 Å². The number of benzene rings is 1. The van der Waals surface area contributed by atoms with E-state index < -0.39 is 5.97 Å². The second-order valence-electron chi connectivity index (χ2n) is 7.50. The Hall–Kier alpha value is -2.37. The normalized spacial score (nSPS) is 17.3. The van der Waals surface area contributed by atoms with Gasteiger partial charge in [0.05, 0.1) is 0 Å². The molecule has 6 heteroatoms. The number of likely N-dealkylation sites (tertiary alicyclic amines) is 1. The first-order valence-electron chi connectivity index (χ1n) is 9.60. The van der Waals surface area contributed by atoms with Crippen LogP contribution in [0.15, 0.2) is 18.2 Å². The lowest BCUT2D eigenvalue weighted by Gasteiger charge is -2.28.